The SMILES string of the molecule is CSC1CCC(Nc2c(C#N)c(C)nn2C)CC1. The monoisotopic (exact) mass is 264 g/mol. The average molecular weight is 264 g/mol. The number of anilines is 1. The van der Waals surface area contributed by atoms with Gasteiger partial charge in [0.2, 0.25) is 0 Å². The molecular formula is C13H20N4S. The van der Waals surface area contributed by atoms with Gasteiger partial charge in [0, 0.05) is 18.3 Å². The van der Waals surface area contributed by atoms with Crippen molar-refractivity contribution in [3.05, 3.63) is 11.3 Å². The summed E-state index contributed by atoms with van der Waals surface area (Å²) >= 11 is 1.97. The fourth-order valence-corrected chi connectivity index (χ4v) is 3.34. The predicted octanol–water partition coefficient (Wildman–Crippen LogP) is 2.69. The van der Waals surface area contributed by atoms with Crippen LogP contribution in [0.5, 0.6) is 0 Å². The third-order valence-electron chi connectivity index (χ3n) is 3.68. The molecule has 0 atom stereocenters. The Morgan fingerprint density at radius 3 is 2.61 bits per heavy atom. The van der Waals surface area contributed by atoms with E-state index in [4.69, 9.17) is 0 Å². The maximum absolute atomic E-state index is 9.18. The van der Waals surface area contributed by atoms with E-state index in [1.165, 1.54) is 25.7 Å². The first kappa shape index (κ1) is 13.3. The Morgan fingerprint density at radius 1 is 1.39 bits per heavy atom. The topological polar surface area (TPSA) is 53.6 Å². The molecule has 1 fully saturated rings. The lowest BCUT2D eigenvalue weighted by molar-refractivity contribution is 0.470. The van der Waals surface area contributed by atoms with Gasteiger partial charge in [-0.2, -0.15) is 22.1 Å². The van der Waals surface area contributed by atoms with Crippen LogP contribution in [0, 0.1) is 18.3 Å². The lowest BCUT2D eigenvalue weighted by Crippen LogP contribution is -2.28. The number of hydrogen-bond acceptors (Lipinski definition) is 4. The van der Waals surface area contributed by atoms with Gasteiger partial charge in [-0.25, -0.2) is 0 Å². The van der Waals surface area contributed by atoms with E-state index in [9.17, 15) is 5.26 Å². The van der Waals surface area contributed by atoms with Gasteiger partial charge in [0.1, 0.15) is 17.5 Å². The molecule has 0 radical (unpaired) electrons. The summed E-state index contributed by atoms with van der Waals surface area (Å²) < 4.78 is 1.79. The highest BCUT2D eigenvalue weighted by Gasteiger charge is 2.22. The van der Waals surface area contributed by atoms with Crippen molar-refractivity contribution in [3.63, 3.8) is 0 Å². The van der Waals surface area contributed by atoms with E-state index in [-0.39, 0.29) is 0 Å². The molecule has 0 bridgehead atoms. The van der Waals surface area contributed by atoms with Crippen molar-refractivity contribution in [2.24, 2.45) is 7.05 Å². The van der Waals surface area contributed by atoms with E-state index < -0.39 is 0 Å². The van der Waals surface area contributed by atoms with Gasteiger partial charge in [0.15, 0.2) is 0 Å². The number of thioether (sulfide) groups is 1. The van der Waals surface area contributed by atoms with Crippen molar-refractivity contribution in [1.82, 2.24) is 9.78 Å². The van der Waals surface area contributed by atoms with E-state index in [1.807, 2.05) is 25.7 Å². The Morgan fingerprint density at radius 2 is 2.06 bits per heavy atom. The molecule has 0 unspecified atom stereocenters. The van der Waals surface area contributed by atoms with E-state index >= 15 is 0 Å². The molecule has 4 nitrogen and oxygen atoms in total. The molecule has 1 aromatic rings. The maximum Gasteiger partial charge on any atom is 0.142 e. The summed E-state index contributed by atoms with van der Waals surface area (Å²) in [5.74, 6) is 0.877. The molecular weight excluding hydrogens is 244 g/mol. The maximum atomic E-state index is 9.18. The van der Waals surface area contributed by atoms with Gasteiger partial charge >= 0.3 is 0 Å². The second kappa shape index (κ2) is 5.66. The van der Waals surface area contributed by atoms with Crippen LogP contribution in [0.25, 0.3) is 0 Å². The quantitative estimate of drug-likeness (QED) is 0.912. The molecule has 98 valence electrons. The summed E-state index contributed by atoms with van der Waals surface area (Å²) in [6.07, 6.45) is 7.08. The highest BCUT2D eigenvalue weighted by atomic mass is 32.2. The largest absolute Gasteiger partial charge is 0.366 e. The standard InChI is InChI=1S/C13H20N4S/c1-9-12(8-14)13(17(2)16-9)15-10-4-6-11(18-3)7-5-10/h10-11,15H,4-7H2,1-3H3. The van der Waals surface area contributed by atoms with Crippen molar-refractivity contribution in [2.75, 3.05) is 11.6 Å². The third-order valence-corrected chi connectivity index (χ3v) is 4.82. The van der Waals surface area contributed by atoms with Crippen molar-refractivity contribution in [1.29, 1.82) is 5.26 Å². The summed E-state index contributed by atoms with van der Waals surface area (Å²) in [4.78, 5) is 0. The van der Waals surface area contributed by atoms with Crippen LogP contribution < -0.4 is 5.32 Å². The number of nitrogens with zero attached hydrogens (tertiary/aromatic N) is 3. The number of aryl methyl sites for hydroxylation is 2. The molecule has 0 aromatic carbocycles. The zero-order valence-corrected chi connectivity index (χ0v) is 12.0. The van der Waals surface area contributed by atoms with Gasteiger partial charge in [-0.05, 0) is 38.9 Å². The molecule has 0 amide bonds. The van der Waals surface area contributed by atoms with Crippen LogP contribution >= 0.6 is 11.8 Å². The molecule has 0 saturated heterocycles. The first-order chi connectivity index (χ1) is 8.65. The van der Waals surface area contributed by atoms with Gasteiger partial charge in [-0.15, -0.1) is 0 Å². The van der Waals surface area contributed by atoms with Crippen LogP contribution in [0.1, 0.15) is 36.9 Å². The van der Waals surface area contributed by atoms with Gasteiger partial charge in [-0.3, -0.25) is 4.68 Å². The molecule has 5 heteroatoms. The van der Waals surface area contributed by atoms with Crippen LogP contribution in [-0.2, 0) is 7.05 Å². The molecule has 1 aromatic heterocycles. The number of rotatable bonds is 3. The van der Waals surface area contributed by atoms with Gasteiger partial charge in [0.05, 0.1) is 5.69 Å². The fraction of sp³-hybridized carbons (Fsp3) is 0.692. The van der Waals surface area contributed by atoms with Crippen LogP contribution in [-0.4, -0.2) is 27.3 Å². The van der Waals surface area contributed by atoms with Crippen LogP contribution in [0.15, 0.2) is 0 Å². The zero-order chi connectivity index (χ0) is 13.1. The van der Waals surface area contributed by atoms with E-state index in [0.29, 0.717) is 11.6 Å². The van der Waals surface area contributed by atoms with Crippen molar-refractivity contribution in [2.45, 2.75) is 43.9 Å². The van der Waals surface area contributed by atoms with Crippen molar-refractivity contribution < 1.29 is 0 Å². The number of aromatic nitrogens is 2. The van der Waals surface area contributed by atoms with Crippen LogP contribution in [0.4, 0.5) is 5.82 Å². The molecule has 0 aliphatic heterocycles. The van der Waals surface area contributed by atoms with E-state index in [0.717, 1.165) is 16.8 Å². The van der Waals surface area contributed by atoms with E-state index in [2.05, 4.69) is 22.7 Å². The third kappa shape index (κ3) is 2.64. The smallest absolute Gasteiger partial charge is 0.142 e. The first-order valence-corrected chi connectivity index (χ1v) is 7.67. The van der Waals surface area contributed by atoms with Gasteiger partial charge in [-0.1, -0.05) is 0 Å². The molecule has 1 aliphatic rings. The second-order valence-corrected chi connectivity index (χ2v) is 6.04. The Bertz CT molecular complexity index is 452. The lowest BCUT2D eigenvalue weighted by atomic mass is 9.95. The lowest BCUT2D eigenvalue weighted by Gasteiger charge is -2.28. The average Bonchev–Trinajstić information content (AvgIpc) is 2.64. The summed E-state index contributed by atoms with van der Waals surface area (Å²) in [5.41, 5.74) is 1.49. The Balaban J connectivity index is 2.05. The minimum Gasteiger partial charge on any atom is -0.366 e. The van der Waals surface area contributed by atoms with E-state index in [1.54, 1.807) is 4.68 Å². The molecule has 18 heavy (non-hydrogen) atoms. The summed E-state index contributed by atoms with van der Waals surface area (Å²) in [6.45, 7) is 1.88. The summed E-state index contributed by atoms with van der Waals surface area (Å²) in [7, 11) is 1.89. The van der Waals surface area contributed by atoms with Crippen molar-refractivity contribution >= 4 is 17.6 Å². The summed E-state index contributed by atoms with van der Waals surface area (Å²) in [6, 6.07) is 2.73. The fourth-order valence-electron chi connectivity index (χ4n) is 2.59. The van der Waals surface area contributed by atoms with Gasteiger partial charge < -0.3 is 5.32 Å². The highest BCUT2D eigenvalue weighted by molar-refractivity contribution is 7.99. The first-order valence-electron chi connectivity index (χ1n) is 6.38. The zero-order valence-electron chi connectivity index (χ0n) is 11.2. The minimum atomic E-state index is 0.482. The number of nitriles is 1. The predicted molar refractivity (Wildman–Crippen MR) is 75.8 cm³/mol. The second-order valence-electron chi connectivity index (χ2n) is 4.90. The molecule has 1 N–H and O–H groups in total. The highest BCUT2D eigenvalue weighted by Crippen LogP contribution is 2.29. The normalized spacial score (nSPS) is 23.7. The summed E-state index contributed by atoms with van der Waals surface area (Å²) in [5, 5.41) is 17.8. The molecule has 1 aliphatic carbocycles. The minimum absolute atomic E-state index is 0.482. The Kier molecular flexibility index (Phi) is 4.18. The molecule has 2 rings (SSSR count). The van der Waals surface area contributed by atoms with Crippen molar-refractivity contribution in [3.8, 4) is 6.07 Å². The molecule has 1 heterocycles. The van der Waals surface area contributed by atoms with Crippen LogP contribution in [0.3, 0.4) is 0 Å². The molecule has 1 saturated carbocycles. The number of nitrogens with one attached hydrogen (secondary N) is 1. The Hall–Kier alpha value is -1.15. The molecule has 0 spiro atoms. The number of hydrogen-bond donors (Lipinski definition) is 1. The Labute approximate surface area is 113 Å². The van der Waals surface area contributed by atoms with Gasteiger partial charge in [0.25, 0.3) is 0 Å². The van der Waals surface area contributed by atoms with Crippen LogP contribution in [0.2, 0.25) is 0 Å².